The molecule has 2 amide bonds. The highest BCUT2D eigenvalue weighted by Crippen LogP contribution is 2.40. The number of carbonyl (C=O) groups is 2. The van der Waals surface area contributed by atoms with Gasteiger partial charge >= 0.3 is 0 Å². The molecule has 1 aromatic heterocycles. The molecule has 0 unspecified atom stereocenters. The minimum Gasteiger partial charge on any atom is -0.350 e. The van der Waals surface area contributed by atoms with E-state index in [0.29, 0.717) is 32.4 Å². The molecule has 0 aliphatic carbocycles. The number of nitrogens with one attached hydrogen (secondary N) is 2. The quantitative estimate of drug-likeness (QED) is 0.666. The molecule has 2 N–H and O–H groups in total. The van der Waals surface area contributed by atoms with Gasteiger partial charge in [0.25, 0.3) is 5.91 Å². The van der Waals surface area contributed by atoms with E-state index in [1.165, 1.54) is 6.33 Å². The first kappa shape index (κ1) is 19.4. The first-order chi connectivity index (χ1) is 14.0. The van der Waals surface area contributed by atoms with Gasteiger partial charge in [0.05, 0.1) is 24.2 Å². The Labute approximate surface area is 177 Å². The van der Waals surface area contributed by atoms with Crippen LogP contribution in [-0.4, -0.2) is 21.8 Å². The molecule has 1 aliphatic heterocycles. The third-order valence-electron chi connectivity index (χ3n) is 4.83. The zero-order valence-electron chi connectivity index (χ0n) is 15.1. The van der Waals surface area contributed by atoms with Gasteiger partial charge in [-0.1, -0.05) is 47.5 Å². The standard InChI is InChI=1S/C21H16Cl2N4O2/c22-12-5-6-16(17(23)9-12)19-18(14-3-1-2-4-15(14)20(28)27-19)21(29)25-10-13-7-8-24-11-26-13/h1-9,11,18-19H,10H2,(H,25,29)(H,27,28)/t18-,19+/m1/s1. The number of halogens is 2. The van der Waals surface area contributed by atoms with Gasteiger partial charge in [-0.25, -0.2) is 9.97 Å². The van der Waals surface area contributed by atoms with E-state index in [1.807, 2.05) is 6.07 Å². The summed E-state index contributed by atoms with van der Waals surface area (Å²) in [5.74, 6) is -1.16. The SMILES string of the molecule is O=C1N[C@@H](c2ccc(Cl)cc2Cl)[C@H](C(=O)NCc2ccncn2)c2ccccc21. The summed E-state index contributed by atoms with van der Waals surface area (Å²) >= 11 is 12.4. The van der Waals surface area contributed by atoms with Crippen LogP contribution in [0.3, 0.4) is 0 Å². The summed E-state index contributed by atoms with van der Waals surface area (Å²) in [6.07, 6.45) is 3.04. The minimum absolute atomic E-state index is 0.243. The Morgan fingerprint density at radius 3 is 2.69 bits per heavy atom. The van der Waals surface area contributed by atoms with Crippen molar-refractivity contribution in [1.29, 1.82) is 0 Å². The van der Waals surface area contributed by atoms with Crippen LogP contribution in [0.5, 0.6) is 0 Å². The molecular formula is C21H16Cl2N4O2. The summed E-state index contributed by atoms with van der Waals surface area (Å²) in [5, 5.41) is 6.69. The molecule has 29 heavy (non-hydrogen) atoms. The maximum atomic E-state index is 13.2. The molecule has 0 radical (unpaired) electrons. The lowest BCUT2D eigenvalue weighted by Crippen LogP contribution is -2.44. The number of rotatable bonds is 4. The second kappa shape index (κ2) is 8.19. The summed E-state index contributed by atoms with van der Waals surface area (Å²) in [4.78, 5) is 33.9. The predicted octanol–water partition coefficient (Wildman–Crippen LogP) is 3.67. The molecule has 6 nitrogen and oxygen atoms in total. The molecule has 0 fully saturated rings. The molecule has 4 rings (SSSR count). The number of hydrogen-bond donors (Lipinski definition) is 2. The third kappa shape index (κ3) is 3.95. The molecule has 0 saturated carbocycles. The Bertz CT molecular complexity index is 1080. The van der Waals surface area contributed by atoms with Gasteiger partial charge in [-0.2, -0.15) is 0 Å². The molecule has 3 aromatic rings. The highest BCUT2D eigenvalue weighted by atomic mass is 35.5. The van der Waals surface area contributed by atoms with Gasteiger partial charge in [-0.05, 0) is 35.4 Å². The number of fused-ring (bicyclic) bond motifs is 1. The second-order valence-electron chi connectivity index (χ2n) is 6.60. The normalized spacial score (nSPS) is 17.9. The van der Waals surface area contributed by atoms with E-state index in [2.05, 4.69) is 20.6 Å². The van der Waals surface area contributed by atoms with Gasteiger partial charge in [0.2, 0.25) is 5.91 Å². The van der Waals surface area contributed by atoms with Crippen LogP contribution < -0.4 is 10.6 Å². The highest BCUT2D eigenvalue weighted by Gasteiger charge is 2.39. The van der Waals surface area contributed by atoms with Crippen LogP contribution in [0.25, 0.3) is 0 Å². The van der Waals surface area contributed by atoms with Crippen LogP contribution in [0.2, 0.25) is 10.0 Å². The molecule has 2 heterocycles. The van der Waals surface area contributed by atoms with E-state index in [-0.39, 0.29) is 18.4 Å². The van der Waals surface area contributed by atoms with Gasteiger partial charge in [0.1, 0.15) is 6.33 Å². The average molecular weight is 427 g/mol. The summed E-state index contributed by atoms with van der Waals surface area (Å²) in [6, 6.07) is 13.2. The minimum atomic E-state index is -0.663. The van der Waals surface area contributed by atoms with Crippen LogP contribution in [0.1, 0.15) is 39.1 Å². The van der Waals surface area contributed by atoms with Crippen LogP contribution in [0, 0.1) is 0 Å². The number of carbonyl (C=O) groups excluding carboxylic acids is 2. The zero-order valence-corrected chi connectivity index (χ0v) is 16.6. The Kier molecular flexibility index (Phi) is 5.47. The summed E-state index contributed by atoms with van der Waals surface area (Å²) < 4.78 is 0. The molecule has 2 aromatic carbocycles. The first-order valence-electron chi connectivity index (χ1n) is 8.92. The second-order valence-corrected chi connectivity index (χ2v) is 7.44. The van der Waals surface area contributed by atoms with Crippen molar-refractivity contribution in [2.75, 3.05) is 0 Å². The fraction of sp³-hybridized carbons (Fsp3) is 0.143. The van der Waals surface area contributed by atoms with Crippen molar-refractivity contribution in [3.8, 4) is 0 Å². The van der Waals surface area contributed by atoms with Gasteiger partial charge in [-0.15, -0.1) is 0 Å². The molecular weight excluding hydrogens is 411 g/mol. The summed E-state index contributed by atoms with van der Waals surface area (Å²) in [7, 11) is 0. The Balaban J connectivity index is 1.71. The van der Waals surface area contributed by atoms with Crippen molar-refractivity contribution >= 4 is 35.0 Å². The van der Waals surface area contributed by atoms with E-state index < -0.39 is 12.0 Å². The summed E-state index contributed by atoms with van der Waals surface area (Å²) in [5.41, 5.74) is 2.42. The Morgan fingerprint density at radius 2 is 1.93 bits per heavy atom. The molecule has 2 atom stereocenters. The average Bonchev–Trinajstić information content (AvgIpc) is 2.73. The summed E-state index contributed by atoms with van der Waals surface area (Å²) in [6.45, 7) is 0.245. The Hall–Kier alpha value is -2.96. The largest absolute Gasteiger partial charge is 0.350 e. The van der Waals surface area contributed by atoms with Gasteiger partial charge < -0.3 is 10.6 Å². The fourth-order valence-corrected chi connectivity index (χ4v) is 4.00. The molecule has 0 saturated heterocycles. The van der Waals surface area contributed by atoms with E-state index in [1.54, 1.807) is 48.7 Å². The number of nitrogens with zero attached hydrogens (tertiary/aromatic N) is 2. The smallest absolute Gasteiger partial charge is 0.252 e. The molecule has 0 bridgehead atoms. The van der Waals surface area contributed by atoms with Crippen molar-refractivity contribution in [2.24, 2.45) is 0 Å². The molecule has 1 aliphatic rings. The lowest BCUT2D eigenvalue weighted by atomic mass is 9.80. The van der Waals surface area contributed by atoms with Crippen LogP contribution in [-0.2, 0) is 11.3 Å². The number of hydrogen-bond acceptors (Lipinski definition) is 4. The number of benzene rings is 2. The predicted molar refractivity (Wildman–Crippen MR) is 110 cm³/mol. The van der Waals surface area contributed by atoms with Crippen LogP contribution in [0.15, 0.2) is 61.1 Å². The van der Waals surface area contributed by atoms with Crippen molar-refractivity contribution < 1.29 is 9.59 Å². The third-order valence-corrected chi connectivity index (χ3v) is 5.39. The topological polar surface area (TPSA) is 84.0 Å². The maximum absolute atomic E-state index is 13.2. The number of amides is 2. The van der Waals surface area contributed by atoms with Crippen molar-refractivity contribution in [3.05, 3.63) is 93.5 Å². The molecule has 146 valence electrons. The monoisotopic (exact) mass is 426 g/mol. The lowest BCUT2D eigenvalue weighted by Gasteiger charge is -2.34. The fourth-order valence-electron chi connectivity index (χ4n) is 3.47. The first-order valence-corrected chi connectivity index (χ1v) is 9.67. The van der Waals surface area contributed by atoms with Crippen molar-refractivity contribution in [3.63, 3.8) is 0 Å². The molecule has 0 spiro atoms. The van der Waals surface area contributed by atoms with E-state index in [4.69, 9.17) is 23.2 Å². The van der Waals surface area contributed by atoms with Crippen molar-refractivity contribution in [1.82, 2.24) is 20.6 Å². The molecule has 8 heteroatoms. The number of aromatic nitrogens is 2. The van der Waals surface area contributed by atoms with Gasteiger partial charge in [0, 0.05) is 21.8 Å². The zero-order chi connectivity index (χ0) is 20.4. The van der Waals surface area contributed by atoms with E-state index >= 15 is 0 Å². The van der Waals surface area contributed by atoms with E-state index in [0.717, 1.165) is 0 Å². The lowest BCUT2D eigenvalue weighted by molar-refractivity contribution is -0.123. The van der Waals surface area contributed by atoms with E-state index in [9.17, 15) is 9.59 Å². The Morgan fingerprint density at radius 1 is 1.10 bits per heavy atom. The van der Waals surface area contributed by atoms with Gasteiger partial charge in [-0.3, -0.25) is 9.59 Å². The maximum Gasteiger partial charge on any atom is 0.252 e. The van der Waals surface area contributed by atoms with Crippen molar-refractivity contribution in [2.45, 2.75) is 18.5 Å². The van der Waals surface area contributed by atoms with Gasteiger partial charge in [0.15, 0.2) is 0 Å². The van der Waals surface area contributed by atoms with Crippen LogP contribution in [0.4, 0.5) is 0 Å². The highest BCUT2D eigenvalue weighted by molar-refractivity contribution is 6.35. The van der Waals surface area contributed by atoms with Crippen LogP contribution >= 0.6 is 23.2 Å².